The third-order valence-electron chi connectivity index (χ3n) is 3.59. The summed E-state index contributed by atoms with van der Waals surface area (Å²) in [7, 11) is 1.58. The average molecular weight is 283 g/mol. The highest BCUT2D eigenvalue weighted by Gasteiger charge is 2.39. The zero-order valence-corrected chi connectivity index (χ0v) is 12.0. The number of amides is 1. The van der Waals surface area contributed by atoms with Crippen LogP contribution < -0.4 is 10.6 Å². The SMILES string of the molecule is COC1(C(=O)Nc2ccc(C)cc2Cl)CCNCC1. The molecule has 19 heavy (non-hydrogen) atoms. The van der Waals surface area contributed by atoms with E-state index in [2.05, 4.69) is 10.6 Å². The molecule has 0 atom stereocenters. The minimum Gasteiger partial charge on any atom is -0.368 e. The standard InChI is InChI=1S/C14H19ClN2O2/c1-10-3-4-12(11(15)9-10)17-13(18)14(19-2)5-7-16-8-6-14/h3-4,9,16H,5-8H2,1-2H3,(H,17,18). The molecule has 1 amide bonds. The molecular weight excluding hydrogens is 264 g/mol. The predicted molar refractivity (Wildman–Crippen MR) is 76.7 cm³/mol. The van der Waals surface area contributed by atoms with E-state index in [1.54, 1.807) is 7.11 Å². The maximum atomic E-state index is 12.4. The number of piperidine rings is 1. The van der Waals surface area contributed by atoms with Crippen LogP contribution in [0, 0.1) is 6.92 Å². The summed E-state index contributed by atoms with van der Waals surface area (Å²) in [5, 5.41) is 6.65. The van der Waals surface area contributed by atoms with Crippen molar-refractivity contribution in [3.63, 3.8) is 0 Å². The van der Waals surface area contributed by atoms with E-state index < -0.39 is 5.60 Å². The maximum absolute atomic E-state index is 12.4. The highest BCUT2D eigenvalue weighted by Crippen LogP contribution is 2.27. The van der Waals surface area contributed by atoms with E-state index in [1.807, 2.05) is 25.1 Å². The molecule has 0 spiro atoms. The van der Waals surface area contributed by atoms with E-state index in [9.17, 15) is 4.79 Å². The fourth-order valence-electron chi connectivity index (χ4n) is 2.31. The largest absolute Gasteiger partial charge is 0.368 e. The van der Waals surface area contributed by atoms with Crippen LogP contribution in [-0.2, 0) is 9.53 Å². The molecule has 1 fully saturated rings. The predicted octanol–water partition coefficient (Wildman–Crippen LogP) is 2.36. The van der Waals surface area contributed by atoms with Crippen molar-refractivity contribution in [1.29, 1.82) is 0 Å². The van der Waals surface area contributed by atoms with Crippen molar-refractivity contribution >= 4 is 23.2 Å². The molecule has 1 aromatic carbocycles. The molecule has 0 saturated carbocycles. The number of anilines is 1. The summed E-state index contributed by atoms with van der Waals surface area (Å²) in [6.45, 7) is 3.52. The van der Waals surface area contributed by atoms with Gasteiger partial charge in [-0.15, -0.1) is 0 Å². The molecule has 1 saturated heterocycles. The van der Waals surface area contributed by atoms with Crippen molar-refractivity contribution in [3.8, 4) is 0 Å². The number of ether oxygens (including phenoxy) is 1. The van der Waals surface area contributed by atoms with E-state index in [-0.39, 0.29) is 5.91 Å². The Morgan fingerprint density at radius 3 is 2.68 bits per heavy atom. The van der Waals surface area contributed by atoms with Crippen LogP contribution in [0.3, 0.4) is 0 Å². The molecule has 1 aliphatic rings. The van der Waals surface area contributed by atoms with Crippen LogP contribution >= 0.6 is 11.6 Å². The molecule has 1 aromatic rings. The number of nitrogens with one attached hydrogen (secondary N) is 2. The van der Waals surface area contributed by atoms with Crippen LogP contribution in [0.2, 0.25) is 5.02 Å². The Balaban J connectivity index is 2.15. The van der Waals surface area contributed by atoms with Gasteiger partial charge in [0.15, 0.2) is 0 Å². The van der Waals surface area contributed by atoms with Gasteiger partial charge in [-0.05, 0) is 50.6 Å². The zero-order valence-electron chi connectivity index (χ0n) is 11.3. The lowest BCUT2D eigenvalue weighted by molar-refractivity contribution is -0.140. The highest BCUT2D eigenvalue weighted by atomic mass is 35.5. The molecular formula is C14H19ClN2O2. The van der Waals surface area contributed by atoms with Gasteiger partial charge < -0.3 is 15.4 Å². The summed E-state index contributed by atoms with van der Waals surface area (Å²) < 4.78 is 5.48. The Morgan fingerprint density at radius 2 is 2.11 bits per heavy atom. The lowest BCUT2D eigenvalue weighted by atomic mass is 9.91. The molecule has 104 valence electrons. The first-order valence-electron chi connectivity index (χ1n) is 6.41. The van der Waals surface area contributed by atoms with Gasteiger partial charge in [0.05, 0.1) is 10.7 Å². The Morgan fingerprint density at radius 1 is 1.42 bits per heavy atom. The van der Waals surface area contributed by atoms with Gasteiger partial charge in [-0.3, -0.25) is 4.79 Å². The van der Waals surface area contributed by atoms with E-state index in [0.717, 1.165) is 18.7 Å². The van der Waals surface area contributed by atoms with Crippen molar-refractivity contribution < 1.29 is 9.53 Å². The summed E-state index contributed by atoms with van der Waals surface area (Å²) in [5.41, 5.74) is 0.943. The highest BCUT2D eigenvalue weighted by molar-refractivity contribution is 6.33. The third-order valence-corrected chi connectivity index (χ3v) is 3.90. The molecule has 0 radical (unpaired) electrons. The van der Waals surface area contributed by atoms with Crippen LogP contribution in [0.4, 0.5) is 5.69 Å². The Kier molecular flexibility index (Phi) is 4.45. The lowest BCUT2D eigenvalue weighted by Crippen LogP contribution is -2.51. The molecule has 4 nitrogen and oxygen atoms in total. The zero-order chi connectivity index (χ0) is 13.9. The van der Waals surface area contributed by atoms with Gasteiger partial charge in [-0.1, -0.05) is 17.7 Å². The van der Waals surface area contributed by atoms with Crippen LogP contribution in [0.1, 0.15) is 18.4 Å². The molecule has 0 aliphatic carbocycles. The van der Waals surface area contributed by atoms with E-state index in [0.29, 0.717) is 23.6 Å². The van der Waals surface area contributed by atoms with E-state index >= 15 is 0 Å². The van der Waals surface area contributed by atoms with Crippen LogP contribution in [-0.4, -0.2) is 31.7 Å². The van der Waals surface area contributed by atoms with Crippen LogP contribution in [0.5, 0.6) is 0 Å². The van der Waals surface area contributed by atoms with Gasteiger partial charge in [0, 0.05) is 7.11 Å². The normalized spacial score (nSPS) is 18.1. The first-order valence-corrected chi connectivity index (χ1v) is 6.79. The topological polar surface area (TPSA) is 50.4 Å². The third kappa shape index (κ3) is 3.08. The van der Waals surface area contributed by atoms with Gasteiger partial charge in [0.25, 0.3) is 5.91 Å². The number of carbonyl (C=O) groups excluding carboxylic acids is 1. The number of methoxy groups -OCH3 is 1. The fourth-order valence-corrected chi connectivity index (χ4v) is 2.59. The van der Waals surface area contributed by atoms with E-state index in [4.69, 9.17) is 16.3 Å². The second kappa shape index (κ2) is 5.90. The summed E-state index contributed by atoms with van der Waals surface area (Å²) >= 11 is 6.13. The Labute approximate surface area is 118 Å². The van der Waals surface area contributed by atoms with Crippen LogP contribution in [0.25, 0.3) is 0 Å². The quantitative estimate of drug-likeness (QED) is 0.895. The number of benzene rings is 1. The van der Waals surface area contributed by atoms with Gasteiger partial charge >= 0.3 is 0 Å². The summed E-state index contributed by atoms with van der Waals surface area (Å²) in [6, 6.07) is 5.57. The van der Waals surface area contributed by atoms with Gasteiger partial charge in [-0.25, -0.2) is 0 Å². The first kappa shape index (κ1) is 14.3. The summed E-state index contributed by atoms with van der Waals surface area (Å²) in [6.07, 6.45) is 1.33. The minimum atomic E-state index is -0.751. The number of carbonyl (C=O) groups is 1. The minimum absolute atomic E-state index is 0.123. The number of halogens is 1. The number of aryl methyl sites for hydroxylation is 1. The molecule has 2 N–H and O–H groups in total. The summed E-state index contributed by atoms with van der Waals surface area (Å²) in [5.74, 6) is -0.123. The molecule has 1 aliphatic heterocycles. The van der Waals surface area contributed by atoms with Gasteiger partial charge in [0.2, 0.25) is 0 Å². The Hall–Kier alpha value is -1.10. The van der Waals surface area contributed by atoms with E-state index in [1.165, 1.54) is 0 Å². The fraction of sp³-hybridized carbons (Fsp3) is 0.500. The second-order valence-corrected chi connectivity index (χ2v) is 5.29. The van der Waals surface area contributed by atoms with Gasteiger partial charge in [-0.2, -0.15) is 0 Å². The summed E-state index contributed by atoms with van der Waals surface area (Å²) in [4.78, 5) is 12.4. The second-order valence-electron chi connectivity index (χ2n) is 4.89. The van der Waals surface area contributed by atoms with Crippen molar-refractivity contribution in [2.24, 2.45) is 0 Å². The molecule has 0 bridgehead atoms. The molecule has 5 heteroatoms. The average Bonchev–Trinajstić information content (AvgIpc) is 2.42. The number of rotatable bonds is 3. The van der Waals surface area contributed by atoms with Crippen molar-refractivity contribution in [2.45, 2.75) is 25.4 Å². The molecule has 0 aromatic heterocycles. The maximum Gasteiger partial charge on any atom is 0.256 e. The Bertz CT molecular complexity index is 471. The first-order chi connectivity index (χ1) is 9.07. The number of hydrogen-bond donors (Lipinski definition) is 2. The van der Waals surface area contributed by atoms with Gasteiger partial charge in [0.1, 0.15) is 5.60 Å². The molecule has 2 rings (SSSR count). The van der Waals surface area contributed by atoms with Crippen LogP contribution in [0.15, 0.2) is 18.2 Å². The van der Waals surface area contributed by atoms with Crippen molar-refractivity contribution in [3.05, 3.63) is 28.8 Å². The smallest absolute Gasteiger partial charge is 0.256 e. The molecule has 0 unspecified atom stereocenters. The monoisotopic (exact) mass is 282 g/mol. The van der Waals surface area contributed by atoms with Crippen molar-refractivity contribution in [1.82, 2.24) is 5.32 Å². The number of hydrogen-bond acceptors (Lipinski definition) is 3. The molecule has 1 heterocycles. The van der Waals surface area contributed by atoms with Crippen molar-refractivity contribution in [2.75, 3.05) is 25.5 Å². The lowest BCUT2D eigenvalue weighted by Gasteiger charge is -2.34.